The first-order valence-electron chi connectivity index (χ1n) is 9.32. The van der Waals surface area contributed by atoms with Crippen LogP contribution in [-0.2, 0) is 11.2 Å². The largest absolute Gasteiger partial charge is 0.308 e. The summed E-state index contributed by atoms with van der Waals surface area (Å²) in [6.45, 7) is 10.5. The van der Waals surface area contributed by atoms with Gasteiger partial charge in [0.25, 0.3) is 0 Å². The van der Waals surface area contributed by atoms with E-state index < -0.39 is 0 Å². The van der Waals surface area contributed by atoms with Crippen LogP contribution >= 0.6 is 22.9 Å². The Bertz CT molecular complexity index is 724. The second-order valence-electron chi connectivity index (χ2n) is 6.68. The predicted octanol–water partition coefficient (Wildman–Crippen LogP) is 3.78. The minimum atomic E-state index is -0.0769. The fourth-order valence-corrected chi connectivity index (χ4v) is 4.12. The van der Waals surface area contributed by atoms with Gasteiger partial charge in [-0.1, -0.05) is 24.2 Å². The molecule has 1 aliphatic rings. The van der Waals surface area contributed by atoms with E-state index in [-0.39, 0.29) is 5.91 Å². The molecule has 27 heavy (non-hydrogen) atoms. The molecule has 6 heteroatoms. The highest BCUT2D eigenvalue weighted by atomic mass is 35.5. The minimum Gasteiger partial charge on any atom is -0.308 e. The quantitative estimate of drug-likeness (QED) is 0.627. The zero-order chi connectivity index (χ0) is 19.1. The molecule has 4 nitrogen and oxygen atoms in total. The van der Waals surface area contributed by atoms with E-state index >= 15 is 0 Å². The average molecular weight is 404 g/mol. The predicted molar refractivity (Wildman–Crippen MR) is 115 cm³/mol. The number of thiophene rings is 1. The highest BCUT2D eigenvalue weighted by molar-refractivity contribution is 7.09. The minimum absolute atomic E-state index is 0.0769. The van der Waals surface area contributed by atoms with Gasteiger partial charge in [-0.05, 0) is 48.2 Å². The van der Waals surface area contributed by atoms with Crippen LogP contribution < -0.4 is 4.90 Å². The number of piperazine rings is 1. The van der Waals surface area contributed by atoms with Gasteiger partial charge in [-0.2, -0.15) is 0 Å². The van der Waals surface area contributed by atoms with Crippen LogP contribution in [0.3, 0.4) is 0 Å². The number of anilines is 1. The Morgan fingerprint density at radius 3 is 2.37 bits per heavy atom. The summed E-state index contributed by atoms with van der Waals surface area (Å²) in [7, 11) is 0. The number of halogens is 1. The van der Waals surface area contributed by atoms with E-state index in [2.05, 4.69) is 33.9 Å². The molecule has 2 aromatic rings. The van der Waals surface area contributed by atoms with Crippen molar-refractivity contribution in [1.29, 1.82) is 0 Å². The smallest absolute Gasteiger partial charge is 0.250 e. The Morgan fingerprint density at radius 1 is 1.11 bits per heavy atom. The number of hydrogen-bond donors (Lipinski definition) is 0. The van der Waals surface area contributed by atoms with Crippen molar-refractivity contribution in [3.8, 4) is 0 Å². The third-order valence-corrected chi connectivity index (χ3v) is 6.13. The number of rotatable bonds is 8. The zero-order valence-corrected chi connectivity index (χ0v) is 17.1. The number of amides is 1. The molecule has 1 aromatic carbocycles. The summed E-state index contributed by atoms with van der Waals surface area (Å²) in [6.07, 6.45) is 2.51. The summed E-state index contributed by atoms with van der Waals surface area (Å²) >= 11 is 7.80. The van der Waals surface area contributed by atoms with Gasteiger partial charge in [0.1, 0.15) is 0 Å². The monoisotopic (exact) mass is 403 g/mol. The highest BCUT2D eigenvalue weighted by Gasteiger charge is 2.19. The molecule has 1 amide bonds. The molecule has 0 atom stereocenters. The van der Waals surface area contributed by atoms with Gasteiger partial charge >= 0.3 is 0 Å². The summed E-state index contributed by atoms with van der Waals surface area (Å²) in [5.41, 5.74) is 0.860. The van der Waals surface area contributed by atoms with Gasteiger partial charge in [0, 0.05) is 61.4 Å². The SMILES string of the molecule is C=CC(=O)N(CCN1CCN(CCc2cccs2)CC1)c1ccc(Cl)cc1. The van der Waals surface area contributed by atoms with Gasteiger partial charge in [0.2, 0.25) is 5.91 Å². The zero-order valence-electron chi connectivity index (χ0n) is 15.5. The normalized spacial score (nSPS) is 15.6. The van der Waals surface area contributed by atoms with E-state index in [0.29, 0.717) is 11.6 Å². The molecule has 0 radical (unpaired) electrons. The molecular weight excluding hydrogens is 378 g/mol. The van der Waals surface area contributed by atoms with Gasteiger partial charge < -0.3 is 9.80 Å². The first-order valence-corrected chi connectivity index (χ1v) is 10.6. The van der Waals surface area contributed by atoms with E-state index in [1.54, 1.807) is 4.90 Å². The fourth-order valence-electron chi connectivity index (χ4n) is 3.30. The molecule has 3 rings (SSSR count). The van der Waals surface area contributed by atoms with Gasteiger partial charge in [-0.25, -0.2) is 0 Å². The van der Waals surface area contributed by atoms with E-state index in [9.17, 15) is 4.79 Å². The van der Waals surface area contributed by atoms with E-state index in [0.717, 1.165) is 51.4 Å². The van der Waals surface area contributed by atoms with Crippen molar-refractivity contribution in [2.24, 2.45) is 0 Å². The average Bonchev–Trinajstić information content (AvgIpc) is 3.22. The number of hydrogen-bond acceptors (Lipinski definition) is 4. The van der Waals surface area contributed by atoms with Crippen molar-refractivity contribution in [3.63, 3.8) is 0 Å². The van der Waals surface area contributed by atoms with Crippen LogP contribution in [0, 0.1) is 0 Å². The molecular formula is C21H26ClN3OS. The van der Waals surface area contributed by atoms with Crippen LogP contribution in [0.15, 0.2) is 54.4 Å². The Balaban J connectivity index is 1.46. The Labute approximate surface area is 170 Å². The van der Waals surface area contributed by atoms with E-state index in [1.165, 1.54) is 11.0 Å². The van der Waals surface area contributed by atoms with E-state index in [1.807, 2.05) is 35.6 Å². The third kappa shape index (κ3) is 5.91. The molecule has 0 bridgehead atoms. The van der Waals surface area contributed by atoms with Crippen molar-refractivity contribution >= 4 is 34.5 Å². The van der Waals surface area contributed by atoms with Gasteiger partial charge in [0.05, 0.1) is 0 Å². The summed E-state index contributed by atoms with van der Waals surface area (Å²) in [5, 5.41) is 2.81. The second kappa shape index (κ2) is 10.0. The first-order chi connectivity index (χ1) is 13.2. The van der Waals surface area contributed by atoms with Crippen LogP contribution in [0.1, 0.15) is 4.88 Å². The van der Waals surface area contributed by atoms with Crippen LogP contribution in [0.25, 0.3) is 0 Å². The van der Waals surface area contributed by atoms with Crippen LogP contribution in [0.4, 0.5) is 5.69 Å². The molecule has 2 heterocycles. The second-order valence-corrected chi connectivity index (χ2v) is 8.15. The molecule has 1 saturated heterocycles. The lowest BCUT2D eigenvalue weighted by Crippen LogP contribution is -2.49. The molecule has 0 spiro atoms. The maximum Gasteiger partial charge on any atom is 0.250 e. The Morgan fingerprint density at radius 2 is 1.78 bits per heavy atom. The highest BCUT2D eigenvalue weighted by Crippen LogP contribution is 2.18. The van der Waals surface area contributed by atoms with E-state index in [4.69, 9.17) is 11.6 Å². The lowest BCUT2D eigenvalue weighted by atomic mass is 10.2. The maximum absolute atomic E-state index is 12.3. The Hall–Kier alpha value is -1.66. The molecule has 0 N–H and O–H groups in total. The molecule has 0 aliphatic carbocycles. The summed E-state index contributed by atoms with van der Waals surface area (Å²) in [4.78, 5) is 20.5. The molecule has 0 saturated carbocycles. The van der Waals surface area contributed by atoms with Gasteiger partial charge in [0.15, 0.2) is 0 Å². The van der Waals surface area contributed by atoms with Crippen molar-refractivity contribution in [2.75, 3.05) is 50.7 Å². The number of carbonyl (C=O) groups is 1. The molecule has 0 unspecified atom stereocenters. The first kappa shape index (κ1) is 20.1. The third-order valence-electron chi connectivity index (χ3n) is 4.94. The molecule has 1 aliphatic heterocycles. The van der Waals surface area contributed by atoms with Gasteiger partial charge in [-0.3, -0.25) is 9.69 Å². The van der Waals surface area contributed by atoms with Crippen LogP contribution in [0.5, 0.6) is 0 Å². The lowest BCUT2D eigenvalue weighted by molar-refractivity contribution is -0.114. The van der Waals surface area contributed by atoms with Crippen LogP contribution in [-0.4, -0.2) is 61.5 Å². The number of nitrogens with zero attached hydrogens (tertiary/aromatic N) is 3. The summed E-state index contributed by atoms with van der Waals surface area (Å²) in [6, 6.07) is 11.7. The lowest BCUT2D eigenvalue weighted by Gasteiger charge is -2.35. The number of carbonyl (C=O) groups excluding carboxylic acids is 1. The van der Waals surface area contributed by atoms with Crippen LogP contribution in [0.2, 0.25) is 5.02 Å². The summed E-state index contributed by atoms with van der Waals surface area (Å²) in [5.74, 6) is -0.0769. The molecule has 1 fully saturated rings. The molecule has 144 valence electrons. The standard InChI is InChI=1S/C21H26ClN3OS/c1-2-21(26)25(19-7-5-18(22)6-8-19)16-15-24-13-11-23(12-14-24)10-9-20-4-3-17-27-20/h2-8,17H,1,9-16H2. The van der Waals surface area contributed by atoms with Crippen molar-refractivity contribution < 1.29 is 4.79 Å². The topological polar surface area (TPSA) is 26.8 Å². The fraction of sp³-hybridized carbons (Fsp3) is 0.381. The van der Waals surface area contributed by atoms with Crippen molar-refractivity contribution in [2.45, 2.75) is 6.42 Å². The van der Waals surface area contributed by atoms with Crippen molar-refractivity contribution in [3.05, 3.63) is 64.3 Å². The van der Waals surface area contributed by atoms with Gasteiger partial charge in [-0.15, -0.1) is 11.3 Å². The number of benzene rings is 1. The Kier molecular flexibility index (Phi) is 7.47. The summed E-state index contributed by atoms with van der Waals surface area (Å²) < 4.78 is 0. The van der Waals surface area contributed by atoms with Crippen molar-refractivity contribution in [1.82, 2.24) is 9.80 Å². The maximum atomic E-state index is 12.3. The molecule has 1 aromatic heterocycles.